The minimum atomic E-state index is 0.152. The molecule has 5 rings (SSSR count). The van der Waals surface area contributed by atoms with Crippen molar-refractivity contribution in [1.82, 2.24) is 19.9 Å². The molecule has 1 aliphatic heterocycles. The molecule has 168 valence electrons. The maximum absolute atomic E-state index is 10.4. The third-order valence-electron chi connectivity index (χ3n) is 5.94. The van der Waals surface area contributed by atoms with Crippen LogP contribution in [0.4, 0.5) is 5.82 Å². The number of nitrogens with zero attached hydrogens (tertiary/aromatic N) is 3. The van der Waals surface area contributed by atoms with Crippen LogP contribution in [0.5, 0.6) is 11.5 Å². The van der Waals surface area contributed by atoms with E-state index in [1.807, 2.05) is 54.6 Å². The maximum Gasteiger partial charge on any atom is 0.207 e. The number of benzene rings is 2. The number of fused-ring (bicyclic) bond motifs is 3. The normalized spacial score (nSPS) is 14.4. The molecule has 0 saturated heterocycles. The molecule has 7 nitrogen and oxygen atoms in total. The summed E-state index contributed by atoms with van der Waals surface area (Å²) in [6, 6.07) is 17.6. The van der Waals surface area contributed by atoms with Gasteiger partial charge in [-0.05, 0) is 35.4 Å². The Morgan fingerprint density at radius 1 is 1.12 bits per heavy atom. The van der Waals surface area contributed by atoms with Gasteiger partial charge in [0.05, 0.1) is 17.6 Å². The van der Waals surface area contributed by atoms with Gasteiger partial charge in [0, 0.05) is 24.4 Å². The Bertz CT molecular complexity index is 1430. The maximum atomic E-state index is 10.4. The minimum absolute atomic E-state index is 0.152. The van der Waals surface area contributed by atoms with Crippen LogP contribution in [0.2, 0.25) is 0 Å². The van der Waals surface area contributed by atoms with E-state index in [2.05, 4.69) is 38.3 Å². The van der Waals surface area contributed by atoms with Crippen LogP contribution in [0.15, 0.2) is 67.5 Å². The molecule has 0 saturated carbocycles. The van der Waals surface area contributed by atoms with Crippen molar-refractivity contribution in [3.63, 3.8) is 0 Å². The fourth-order valence-electron chi connectivity index (χ4n) is 4.36. The highest BCUT2D eigenvalue weighted by Gasteiger charge is 2.32. The predicted octanol–water partition coefficient (Wildman–Crippen LogP) is 4.26. The molecular formula is C27H23N5O2. The highest BCUT2D eigenvalue weighted by atomic mass is 16.5. The van der Waals surface area contributed by atoms with Gasteiger partial charge >= 0.3 is 0 Å². The van der Waals surface area contributed by atoms with Crippen molar-refractivity contribution in [2.24, 2.45) is 5.92 Å². The zero-order valence-electron chi connectivity index (χ0n) is 18.5. The molecule has 0 aliphatic carbocycles. The third kappa shape index (κ3) is 3.86. The van der Waals surface area contributed by atoms with Crippen LogP contribution in [0.1, 0.15) is 12.1 Å². The molecule has 3 N–H and O–H groups in total. The lowest BCUT2D eigenvalue weighted by atomic mass is 9.93. The Balaban J connectivity index is 1.51. The van der Waals surface area contributed by atoms with Crippen LogP contribution in [-0.2, 0) is 11.3 Å². The van der Waals surface area contributed by atoms with Gasteiger partial charge in [0.2, 0.25) is 6.41 Å². The molecule has 0 spiro atoms. The first-order chi connectivity index (χ1) is 16.7. The smallest absolute Gasteiger partial charge is 0.207 e. The molecule has 2 aromatic heterocycles. The van der Waals surface area contributed by atoms with Crippen LogP contribution >= 0.6 is 0 Å². The van der Waals surface area contributed by atoms with E-state index >= 15 is 0 Å². The van der Waals surface area contributed by atoms with Crippen molar-refractivity contribution in [2.75, 3.05) is 12.3 Å². The highest BCUT2D eigenvalue weighted by Crippen LogP contribution is 2.46. The standard InChI is InChI=1S/C27H23N5O2/c1-18-20(7-5-6-14-29-17-33)15-32-25(18)23(24-26(28)30-16-31-27(24)32)19-10-12-22(13-11-19)34-21-8-3-2-4-9-21/h2-4,8-13,16-17,20H,1,7,14-15H2,(H,29,33)(H2,28,30,31)/t20-/m0/s1. The molecule has 34 heavy (non-hydrogen) atoms. The third-order valence-corrected chi connectivity index (χ3v) is 5.94. The molecule has 0 fully saturated rings. The summed E-state index contributed by atoms with van der Waals surface area (Å²) >= 11 is 0. The largest absolute Gasteiger partial charge is 0.457 e. The van der Waals surface area contributed by atoms with E-state index in [-0.39, 0.29) is 5.92 Å². The van der Waals surface area contributed by atoms with Crippen molar-refractivity contribution in [2.45, 2.75) is 13.0 Å². The predicted molar refractivity (Wildman–Crippen MR) is 133 cm³/mol. The van der Waals surface area contributed by atoms with E-state index in [9.17, 15) is 4.79 Å². The summed E-state index contributed by atoms with van der Waals surface area (Å²) in [7, 11) is 0. The molecule has 2 aromatic carbocycles. The van der Waals surface area contributed by atoms with E-state index in [0.717, 1.165) is 44.9 Å². The highest BCUT2D eigenvalue weighted by molar-refractivity contribution is 6.06. The fourth-order valence-corrected chi connectivity index (χ4v) is 4.36. The number of rotatable bonds is 6. The van der Waals surface area contributed by atoms with Crippen molar-refractivity contribution < 1.29 is 9.53 Å². The first-order valence-electron chi connectivity index (χ1n) is 10.9. The van der Waals surface area contributed by atoms with Gasteiger partial charge in [-0.1, -0.05) is 42.8 Å². The first-order valence-corrected chi connectivity index (χ1v) is 10.9. The van der Waals surface area contributed by atoms with E-state index in [4.69, 9.17) is 10.5 Å². The number of nitrogen functional groups attached to an aromatic ring is 1. The Morgan fingerprint density at radius 2 is 1.88 bits per heavy atom. The molecule has 0 radical (unpaired) electrons. The topological polar surface area (TPSA) is 95.1 Å². The number of allylic oxidation sites excluding steroid dienone is 1. The summed E-state index contributed by atoms with van der Waals surface area (Å²) < 4.78 is 8.11. The summed E-state index contributed by atoms with van der Waals surface area (Å²) in [6.07, 6.45) is 2.78. The average molecular weight is 450 g/mol. The van der Waals surface area contributed by atoms with Gasteiger partial charge in [-0.25, -0.2) is 9.97 Å². The number of nitrogens with two attached hydrogens (primary N) is 1. The van der Waals surface area contributed by atoms with E-state index in [0.29, 0.717) is 31.7 Å². The summed E-state index contributed by atoms with van der Waals surface area (Å²) in [6.45, 7) is 5.45. The number of para-hydroxylation sites is 1. The summed E-state index contributed by atoms with van der Waals surface area (Å²) in [5, 5.41) is 3.38. The summed E-state index contributed by atoms with van der Waals surface area (Å²) in [4.78, 5) is 19.2. The molecule has 4 aromatic rings. The number of nitrogens with one attached hydrogen (secondary N) is 1. The van der Waals surface area contributed by atoms with Gasteiger partial charge < -0.3 is 20.4 Å². The number of aromatic nitrogens is 3. The Hall–Kier alpha value is -4.57. The molecule has 0 unspecified atom stereocenters. The molecule has 7 heteroatoms. The van der Waals surface area contributed by atoms with Crippen LogP contribution in [0, 0.1) is 17.8 Å². The zero-order valence-corrected chi connectivity index (χ0v) is 18.5. The number of carbonyl (C=O) groups is 1. The van der Waals surface area contributed by atoms with Crippen molar-refractivity contribution in [3.05, 3.63) is 73.2 Å². The second-order valence-corrected chi connectivity index (χ2v) is 8.01. The van der Waals surface area contributed by atoms with Gasteiger partial charge in [0.25, 0.3) is 0 Å². The van der Waals surface area contributed by atoms with Crippen LogP contribution in [-0.4, -0.2) is 27.5 Å². The second kappa shape index (κ2) is 9.12. The van der Waals surface area contributed by atoms with Crippen LogP contribution < -0.4 is 15.8 Å². The van der Waals surface area contributed by atoms with Crippen molar-refractivity contribution >= 4 is 28.8 Å². The molecule has 0 bridgehead atoms. The average Bonchev–Trinajstić information content (AvgIpc) is 3.35. The lowest BCUT2D eigenvalue weighted by Crippen LogP contribution is -2.10. The lowest BCUT2D eigenvalue weighted by molar-refractivity contribution is -0.109. The van der Waals surface area contributed by atoms with Crippen molar-refractivity contribution in [1.29, 1.82) is 0 Å². The lowest BCUT2D eigenvalue weighted by Gasteiger charge is -2.11. The van der Waals surface area contributed by atoms with Crippen LogP contribution in [0.3, 0.4) is 0 Å². The van der Waals surface area contributed by atoms with Gasteiger partial charge in [-0.2, -0.15) is 0 Å². The summed E-state index contributed by atoms with van der Waals surface area (Å²) in [5.41, 5.74) is 11.1. The van der Waals surface area contributed by atoms with Crippen molar-refractivity contribution in [3.8, 4) is 34.5 Å². The fraction of sp³-hybridized carbons (Fsp3) is 0.148. The number of ether oxygens (including phenoxy) is 1. The second-order valence-electron chi connectivity index (χ2n) is 8.01. The monoisotopic (exact) mass is 449 g/mol. The molecule has 1 aliphatic rings. The SMILES string of the molecule is C=C1c2c(-c3ccc(Oc4ccccc4)cc3)c3c(N)ncnc3n2C[C@@H]1CC#CCNC=O. The Labute approximate surface area is 197 Å². The molecule has 3 heterocycles. The van der Waals surface area contributed by atoms with Crippen LogP contribution in [0.25, 0.3) is 27.7 Å². The van der Waals surface area contributed by atoms with E-state index < -0.39 is 0 Å². The Kier molecular flexibility index (Phi) is 5.71. The zero-order chi connectivity index (χ0) is 23.5. The number of hydrogen-bond donors (Lipinski definition) is 2. The Morgan fingerprint density at radius 3 is 2.65 bits per heavy atom. The van der Waals surface area contributed by atoms with Gasteiger partial charge in [-0.15, -0.1) is 5.92 Å². The molecule has 1 amide bonds. The first kappa shape index (κ1) is 21.3. The summed E-state index contributed by atoms with van der Waals surface area (Å²) in [5.74, 6) is 8.24. The molecule has 1 atom stereocenters. The number of anilines is 1. The van der Waals surface area contributed by atoms with E-state index in [1.165, 1.54) is 6.33 Å². The number of hydrogen-bond acceptors (Lipinski definition) is 5. The number of amides is 1. The number of carbonyl (C=O) groups excluding carboxylic acids is 1. The van der Waals surface area contributed by atoms with Gasteiger partial charge in [-0.3, -0.25) is 4.79 Å². The van der Waals surface area contributed by atoms with E-state index in [1.54, 1.807) is 0 Å². The quantitative estimate of drug-likeness (QED) is 0.261. The minimum Gasteiger partial charge on any atom is -0.457 e. The molecular weight excluding hydrogens is 426 g/mol. The van der Waals surface area contributed by atoms with Gasteiger partial charge in [0.15, 0.2) is 0 Å². The van der Waals surface area contributed by atoms with Gasteiger partial charge in [0.1, 0.15) is 29.3 Å².